The summed E-state index contributed by atoms with van der Waals surface area (Å²) in [4.78, 5) is 27.9. The van der Waals surface area contributed by atoms with Crippen LogP contribution in [-0.4, -0.2) is 33.4 Å². The summed E-state index contributed by atoms with van der Waals surface area (Å²) in [5.74, 6) is 0.178. The van der Waals surface area contributed by atoms with E-state index in [2.05, 4.69) is 4.57 Å². The molecule has 2 atom stereocenters. The van der Waals surface area contributed by atoms with E-state index in [1.807, 2.05) is 72.7 Å². The number of ketones is 1. The first-order chi connectivity index (χ1) is 14.6. The maximum absolute atomic E-state index is 13.2. The Morgan fingerprint density at radius 3 is 2.47 bits per heavy atom. The molecule has 2 aromatic carbocycles. The van der Waals surface area contributed by atoms with Crippen LogP contribution in [0, 0.1) is 5.92 Å². The SMILES string of the molecule is Cn1ccc2cc(C(=O)C3CC4CCC(C3)N4C(=O)OCc3ccccc3)ccc21. The number of Topliss-reactive ketones (excluding diaryl/α,β-unsaturated/α-hetero) is 1. The first kappa shape index (κ1) is 18.9. The van der Waals surface area contributed by atoms with E-state index in [-0.39, 0.29) is 36.5 Å². The van der Waals surface area contributed by atoms with E-state index >= 15 is 0 Å². The molecule has 3 aromatic rings. The number of aryl methyl sites for hydroxylation is 1. The highest BCUT2D eigenvalue weighted by Crippen LogP contribution is 2.40. The van der Waals surface area contributed by atoms with Gasteiger partial charge in [0, 0.05) is 47.7 Å². The second-order valence-corrected chi connectivity index (χ2v) is 8.57. The molecule has 2 saturated heterocycles. The summed E-state index contributed by atoms with van der Waals surface area (Å²) in [6.07, 6.45) is 5.12. The van der Waals surface area contributed by atoms with Gasteiger partial charge in [0.05, 0.1) is 0 Å². The Morgan fingerprint density at radius 2 is 1.73 bits per heavy atom. The summed E-state index contributed by atoms with van der Waals surface area (Å²) in [5, 5.41) is 1.09. The van der Waals surface area contributed by atoms with Crippen molar-refractivity contribution in [1.82, 2.24) is 9.47 Å². The molecule has 2 unspecified atom stereocenters. The molecule has 154 valence electrons. The van der Waals surface area contributed by atoms with Crippen LogP contribution in [-0.2, 0) is 18.4 Å². The lowest BCUT2D eigenvalue weighted by Gasteiger charge is -2.37. The van der Waals surface area contributed by atoms with E-state index in [1.54, 1.807) is 0 Å². The smallest absolute Gasteiger partial charge is 0.410 e. The van der Waals surface area contributed by atoms with Crippen LogP contribution in [0.1, 0.15) is 41.6 Å². The molecule has 2 aliphatic rings. The lowest BCUT2D eigenvalue weighted by molar-refractivity contribution is 0.0485. The van der Waals surface area contributed by atoms with E-state index in [1.165, 1.54) is 0 Å². The molecule has 1 aromatic heterocycles. The zero-order valence-corrected chi connectivity index (χ0v) is 17.2. The van der Waals surface area contributed by atoms with Crippen LogP contribution < -0.4 is 0 Å². The molecule has 0 radical (unpaired) electrons. The fourth-order valence-electron chi connectivity index (χ4n) is 5.15. The number of hydrogen-bond acceptors (Lipinski definition) is 3. The molecule has 5 heteroatoms. The molecule has 0 aliphatic carbocycles. The summed E-state index contributed by atoms with van der Waals surface area (Å²) >= 11 is 0. The van der Waals surface area contributed by atoms with E-state index in [9.17, 15) is 9.59 Å². The lowest BCUT2D eigenvalue weighted by Crippen LogP contribution is -2.48. The lowest BCUT2D eigenvalue weighted by atomic mass is 9.84. The molecule has 0 spiro atoms. The fourth-order valence-corrected chi connectivity index (χ4v) is 5.15. The predicted molar refractivity (Wildman–Crippen MR) is 115 cm³/mol. The van der Waals surface area contributed by atoms with Crippen molar-refractivity contribution in [2.75, 3.05) is 0 Å². The minimum atomic E-state index is -0.247. The van der Waals surface area contributed by atoms with Crippen molar-refractivity contribution in [2.45, 2.75) is 44.4 Å². The second kappa shape index (κ2) is 7.63. The second-order valence-electron chi connectivity index (χ2n) is 8.57. The third kappa shape index (κ3) is 3.38. The largest absolute Gasteiger partial charge is 0.445 e. The van der Waals surface area contributed by atoms with Crippen molar-refractivity contribution in [1.29, 1.82) is 0 Å². The maximum atomic E-state index is 13.2. The average molecular weight is 402 g/mol. The predicted octanol–water partition coefficient (Wildman–Crippen LogP) is 4.94. The highest BCUT2D eigenvalue weighted by atomic mass is 16.6. The molecule has 30 heavy (non-hydrogen) atoms. The summed E-state index contributed by atoms with van der Waals surface area (Å²) in [6.45, 7) is 0.287. The van der Waals surface area contributed by atoms with Gasteiger partial charge in [0.25, 0.3) is 0 Å². The van der Waals surface area contributed by atoms with E-state index in [0.717, 1.165) is 47.7 Å². The molecule has 2 fully saturated rings. The van der Waals surface area contributed by atoms with Crippen LogP contribution >= 0.6 is 0 Å². The van der Waals surface area contributed by atoms with Crippen LogP contribution in [0.5, 0.6) is 0 Å². The normalized spacial score (nSPS) is 23.0. The number of nitrogens with zero attached hydrogens (tertiary/aromatic N) is 2. The van der Waals surface area contributed by atoms with Gasteiger partial charge in [0.2, 0.25) is 0 Å². The summed E-state index contributed by atoms with van der Waals surface area (Å²) in [7, 11) is 2.01. The Hall–Kier alpha value is -3.08. The van der Waals surface area contributed by atoms with E-state index in [4.69, 9.17) is 4.74 Å². The van der Waals surface area contributed by atoms with Gasteiger partial charge in [-0.1, -0.05) is 30.3 Å². The number of ether oxygens (including phenoxy) is 1. The summed E-state index contributed by atoms with van der Waals surface area (Å²) in [6, 6.07) is 17.9. The number of carbonyl (C=O) groups excluding carboxylic acids is 2. The standard InChI is InChI=1S/C25H26N2O3/c1-26-12-11-18-13-19(7-10-23(18)26)24(28)20-14-21-8-9-22(15-20)27(21)25(29)30-16-17-5-3-2-4-6-17/h2-7,10-13,20-22H,8-9,14-16H2,1H3. The number of benzene rings is 2. The third-order valence-electron chi connectivity index (χ3n) is 6.69. The van der Waals surface area contributed by atoms with Gasteiger partial charge in [-0.05, 0) is 55.5 Å². The highest BCUT2D eigenvalue weighted by molar-refractivity contribution is 6.01. The van der Waals surface area contributed by atoms with Gasteiger partial charge in [-0.3, -0.25) is 4.79 Å². The molecule has 0 saturated carbocycles. The van der Waals surface area contributed by atoms with Crippen LogP contribution in [0.25, 0.3) is 10.9 Å². The third-order valence-corrected chi connectivity index (χ3v) is 6.69. The number of carbonyl (C=O) groups is 2. The van der Waals surface area contributed by atoms with Gasteiger partial charge in [0.1, 0.15) is 6.61 Å². The first-order valence-electron chi connectivity index (χ1n) is 10.7. The number of piperidine rings is 1. The highest BCUT2D eigenvalue weighted by Gasteiger charge is 2.45. The topological polar surface area (TPSA) is 51.5 Å². The van der Waals surface area contributed by atoms with Crippen LogP contribution in [0.3, 0.4) is 0 Å². The van der Waals surface area contributed by atoms with Crippen molar-refractivity contribution in [3.05, 3.63) is 71.9 Å². The Kier molecular flexibility index (Phi) is 4.81. The minimum Gasteiger partial charge on any atom is -0.445 e. The molecule has 3 heterocycles. The van der Waals surface area contributed by atoms with Gasteiger partial charge in [-0.25, -0.2) is 4.79 Å². The zero-order chi connectivity index (χ0) is 20.7. The number of fused-ring (bicyclic) bond motifs is 3. The summed E-state index contributed by atoms with van der Waals surface area (Å²) in [5.41, 5.74) is 2.89. The number of amides is 1. The van der Waals surface area contributed by atoms with Crippen molar-refractivity contribution in [3.8, 4) is 0 Å². The monoisotopic (exact) mass is 402 g/mol. The molecule has 5 rings (SSSR count). The van der Waals surface area contributed by atoms with E-state index in [0.29, 0.717) is 0 Å². The Morgan fingerprint density at radius 1 is 1.00 bits per heavy atom. The van der Waals surface area contributed by atoms with Crippen LogP contribution in [0.4, 0.5) is 4.79 Å². The Labute approximate surface area is 176 Å². The molecule has 5 nitrogen and oxygen atoms in total. The van der Waals surface area contributed by atoms with Crippen LogP contribution in [0.15, 0.2) is 60.8 Å². The first-order valence-corrected chi connectivity index (χ1v) is 10.7. The van der Waals surface area contributed by atoms with Crippen molar-refractivity contribution in [3.63, 3.8) is 0 Å². The van der Waals surface area contributed by atoms with Gasteiger partial charge in [0.15, 0.2) is 5.78 Å². The fraction of sp³-hybridized carbons (Fsp3) is 0.360. The number of rotatable bonds is 4. The maximum Gasteiger partial charge on any atom is 0.410 e. The van der Waals surface area contributed by atoms with Crippen molar-refractivity contribution >= 4 is 22.8 Å². The van der Waals surface area contributed by atoms with Gasteiger partial charge in [-0.15, -0.1) is 0 Å². The molecular formula is C25H26N2O3. The molecule has 2 bridgehead atoms. The van der Waals surface area contributed by atoms with Gasteiger partial charge >= 0.3 is 6.09 Å². The molecule has 2 aliphatic heterocycles. The Balaban J connectivity index is 1.26. The Bertz CT molecular complexity index is 1070. The number of aromatic nitrogens is 1. The summed E-state index contributed by atoms with van der Waals surface area (Å²) < 4.78 is 7.64. The minimum absolute atomic E-state index is 0.0261. The van der Waals surface area contributed by atoms with E-state index < -0.39 is 0 Å². The quantitative estimate of drug-likeness (QED) is 0.581. The molecule has 1 amide bonds. The van der Waals surface area contributed by atoms with Crippen LogP contribution in [0.2, 0.25) is 0 Å². The number of hydrogen-bond donors (Lipinski definition) is 0. The van der Waals surface area contributed by atoms with Crippen molar-refractivity contribution in [2.24, 2.45) is 13.0 Å². The zero-order valence-electron chi connectivity index (χ0n) is 17.2. The van der Waals surface area contributed by atoms with Gasteiger partial charge in [-0.2, -0.15) is 0 Å². The molecule has 0 N–H and O–H groups in total. The van der Waals surface area contributed by atoms with Crippen molar-refractivity contribution < 1.29 is 14.3 Å². The van der Waals surface area contributed by atoms with Gasteiger partial charge < -0.3 is 14.2 Å². The average Bonchev–Trinajstić information content (AvgIpc) is 3.28. The molecular weight excluding hydrogens is 376 g/mol.